The molecule has 288 valence electrons. The zero-order valence-electron chi connectivity index (χ0n) is 31.5. The van der Waals surface area contributed by atoms with Crippen LogP contribution in [-0.2, 0) is 36.9 Å². The van der Waals surface area contributed by atoms with Gasteiger partial charge in [-0.2, -0.15) is 0 Å². The van der Waals surface area contributed by atoms with Gasteiger partial charge in [-0.15, -0.1) is 0 Å². The van der Waals surface area contributed by atoms with Crippen LogP contribution in [0, 0.1) is 11.8 Å². The van der Waals surface area contributed by atoms with Crippen molar-refractivity contribution in [3.8, 4) is 0 Å². The fourth-order valence-electron chi connectivity index (χ4n) is 6.47. The van der Waals surface area contributed by atoms with E-state index in [0.29, 0.717) is 39.1 Å². The number of aliphatic hydroxyl groups excluding tert-OH is 1. The van der Waals surface area contributed by atoms with Crippen LogP contribution >= 0.6 is 0 Å². The summed E-state index contributed by atoms with van der Waals surface area (Å²) < 4.78 is 10.9. The van der Waals surface area contributed by atoms with Gasteiger partial charge < -0.3 is 35.8 Å². The predicted octanol–water partition coefficient (Wildman–Crippen LogP) is 3.94. The van der Waals surface area contributed by atoms with Gasteiger partial charge in [0.2, 0.25) is 17.7 Å². The second-order valence-electron chi connectivity index (χ2n) is 14.6. The Kier molecular flexibility index (Phi) is 16.5. The second-order valence-corrected chi connectivity index (χ2v) is 14.6. The molecule has 3 aromatic rings. The lowest BCUT2D eigenvalue weighted by atomic mass is 9.95. The Bertz CT molecular complexity index is 1610. The summed E-state index contributed by atoms with van der Waals surface area (Å²) in [4.78, 5) is 56.1. The minimum absolute atomic E-state index is 0.0251. The number of nitrogens with one attached hydrogen (secondary N) is 4. The van der Waals surface area contributed by atoms with Gasteiger partial charge in [0.15, 0.2) is 0 Å². The van der Waals surface area contributed by atoms with E-state index in [-0.39, 0.29) is 37.2 Å². The summed E-state index contributed by atoms with van der Waals surface area (Å²) in [6.45, 7) is 12.0. The summed E-state index contributed by atoms with van der Waals surface area (Å²) >= 11 is 0. The highest BCUT2D eigenvalue weighted by Gasteiger charge is 2.32. The number of fused-ring (bicyclic) bond motifs is 1. The number of carbonyl (C=O) groups excluding carboxylic acids is 4. The number of nitrogens with zero attached hydrogens (tertiary/aromatic N) is 1. The van der Waals surface area contributed by atoms with E-state index in [1.807, 2.05) is 100 Å². The first-order valence-corrected chi connectivity index (χ1v) is 18.8. The number of rotatable bonds is 19. The molecule has 1 aliphatic rings. The molecule has 2 unspecified atom stereocenters. The van der Waals surface area contributed by atoms with Crippen LogP contribution in [0.4, 0.5) is 4.79 Å². The number of hydrogen-bond donors (Lipinski definition) is 5. The Balaban J connectivity index is 1.45. The van der Waals surface area contributed by atoms with Crippen LogP contribution < -0.4 is 21.3 Å². The van der Waals surface area contributed by atoms with Gasteiger partial charge in [-0.3, -0.25) is 19.3 Å². The molecule has 12 nitrogen and oxygen atoms in total. The van der Waals surface area contributed by atoms with Crippen molar-refractivity contribution < 1.29 is 33.8 Å². The maximum absolute atomic E-state index is 14.1. The number of amides is 4. The number of morpholine rings is 1. The third-order valence-corrected chi connectivity index (χ3v) is 9.23. The lowest BCUT2D eigenvalue weighted by molar-refractivity contribution is -0.131. The van der Waals surface area contributed by atoms with Crippen LogP contribution in [0.25, 0.3) is 10.8 Å². The monoisotopic (exact) mass is 731 g/mol. The molecule has 4 amide bonds. The van der Waals surface area contributed by atoms with Crippen molar-refractivity contribution in [1.29, 1.82) is 0 Å². The molecule has 3 aromatic carbocycles. The first-order valence-electron chi connectivity index (χ1n) is 18.8. The Morgan fingerprint density at radius 2 is 1.45 bits per heavy atom. The Morgan fingerprint density at radius 1 is 0.792 bits per heavy atom. The summed E-state index contributed by atoms with van der Waals surface area (Å²) in [5.74, 6) is -1.19. The smallest absolute Gasteiger partial charge is 0.408 e. The molecule has 1 heterocycles. The number of carbonyl (C=O) groups is 4. The van der Waals surface area contributed by atoms with E-state index in [1.54, 1.807) is 0 Å². The van der Waals surface area contributed by atoms with E-state index >= 15 is 0 Å². The van der Waals surface area contributed by atoms with Crippen molar-refractivity contribution >= 4 is 34.6 Å². The van der Waals surface area contributed by atoms with Crippen LogP contribution in [0.3, 0.4) is 0 Å². The van der Waals surface area contributed by atoms with Crippen LogP contribution in [0.1, 0.15) is 58.1 Å². The van der Waals surface area contributed by atoms with Gasteiger partial charge >= 0.3 is 6.09 Å². The van der Waals surface area contributed by atoms with Gasteiger partial charge in [-0.1, -0.05) is 100 Å². The van der Waals surface area contributed by atoms with E-state index in [0.717, 1.165) is 35.0 Å². The zero-order chi connectivity index (χ0) is 38.2. The van der Waals surface area contributed by atoms with E-state index < -0.39 is 42.1 Å². The highest BCUT2D eigenvalue weighted by Crippen LogP contribution is 2.20. The average Bonchev–Trinajstić information content (AvgIpc) is 3.13. The molecule has 12 heteroatoms. The molecular weight excluding hydrogens is 674 g/mol. The van der Waals surface area contributed by atoms with Crippen molar-refractivity contribution in [2.45, 2.75) is 84.2 Å². The van der Waals surface area contributed by atoms with Gasteiger partial charge in [0, 0.05) is 32.6 Å². The minimum atomic E-state index is -1.14. The molecule has 1 saturated heterocycles. The first-order chi connectivity index (χ1) is 25.5. The number of ether oxygens (including phenoxy) is 2. The van der Waals surface area contributed by atoms with Crippen molar-refractivity contribution in [3.63, 3.8) is 0 Å². The summed E-state index contributed by atoms with van der Waals surface area (Å²) in [5.41, 5.74) is 1.65. The van der Waals surface area contributed by atoms with Gasteiger partial charge in [0.05, 0.1) is 31.8 Å². The first kappa shape index (κ1) is 41.2. The Hall–Kier alpha value is -4.52. The topological polar surface area (TPSA) is 158 Å². The lowest BCUT2D eigenvalue weighted by Gasteiger charge is -2.29. The molecule has 0 aliphatic carbocycles. The number of aliphatic hydroxyl groups is 1. The molecule has 0 aromatic heterocycles. The normalized spacial score (nSPS) is 15.7. The molecule has 5 N–H and O–H groups in total. The zero-order valence-corrected chi connectivity index (χ0v) is 31.5. The molecule has 0 saturated carbocycles. The maximum Gasteiger partial charge on any atom is 0.408 e. The molecule has 1 aliphatic heterocycles. The average molecular weight is 732 g/mol. The van der Waals surface area contributed by atoms with E-state index in [1.165, 1.54) is 0 Å². The van der Waals surface area contributed by atoms with Gasteiger partial charge in [0.25, 0.3) is 0 Å². The largest absolute Gasteiger partial charge is 0.445 e. The van der Waals surface area contributed by atoms with Crippen molar-refractivity contribution in [3.05, 3.63) is 83.9 Å². The fourth-order valence-corrected chi connectivity index (χ4v) is 6.47. The lowest BCUT2D eigenvalue weighted by Crippen LogP contribution is -2.57. The molecule has 0 bridgehead atoms. The van der Waals surface area contributed by atoms with Gasteiger partial charge in [-0.25, -0.2) is 4.79 Å². The summed E-state index contributed by atoms with van der Waals surface area (Å²) in [5, 5.41) is 24.6. The molecule has 0 spiro atoms. The molecule has 4 rings (SSSR count). The number of benzene rings is 3. The summed E-state index contributed by atoms with van der Waals surface area (Å²) in [6, 6.07) is 20.1. The van der Waals surface area contributed by atoms with Gasteiger partial charge in [0.1, 0.15) is 18.7 Å². The molecule has 0 radical (unpaired) electrons. The third-order valence-electron chi connectivity index (χ3n) is 9.23. The molecule has 1 fully saturated rings. The van der Waals surface area contributed by atoms with Crippen LogP contribution in [0.2, 0.25) is 0 Å². The van der Waals surface area contributed by atoms with E-state index in [4.69, 9.17) is 9.47 Å². The number of alkyl carbamates (subject to hydrolysis) is 1. The highest BCUT2D eigenvalue weighted by atomic mass is 16.5. The minimum Gasteiger partial charge on any atom is -0.445 e. The SMILES string of the molecule is CC(C)CC(NC(=O)[C@H](CC(C)C)NC(=O)[C@H](Cc1cccc2ccccc12)NC(=O)OCc1ccccc1)C(O)CC(=O)NCCN1CCOCC1. The van der Waals surface area contributed by atoms with Crippen molar-refractivity contribution in [2.24, 2.45) is 11.8 Å². The molecular formula is C41H57N5O7. The standard InChI is InChI=1S/C41H57N5O7/c1-28(2)23-34(37(47)26-38(48)42-17-18-46-19-21-52-22-20-46)43-39(49)35(24-29(3)4)44-40(50)36(45-41(51)53-27-30-11-6-5-7-12-30)25-32-15-10-14-31-13-8-9-16-33(31)32/h5-16,28-29,34-37,47H,17-27H2,1-4H3,(H,42,48)(H,43,49)(H,44,50)(H,45,51)/t34?,35-,36-,37?/m0/s1. The van der Waals surface area contributed by atoms with E-state index in [9.17, 15) is 24.3 Å². The fraction of sp³-hybridized carbons (Fsp3) is 0.512. The quantitative estimate of drug-likeness (QED) is 0.124. The number of hydrogen-bond acceptors (Lipinski definition) is 8. The van der Waals surface area contributed by atoms with E-state index in [2.05, 4.69) is 26.2 Å². The van der Waals surface area contributed by atoms with Crippen LogP contribution in [0.15, 0.2) is 72.8 Å². The van der Waals surface area contributed by atoms with Crippen molar-refractivity contribution in [2.75, 3.05) is 39.4 Å². The second kappa shape index (κ2) is 21.2. The van der Waals surface area contributed by atoms with Gasteiger partial charge in [-0.05, 0) is 46.6 Å². The third kappa shape index (κ3) is 14.1. The van der Waals surface area contributed by atoms with Crippen molar-refractivity contribution in [1.82, 2.24) is 26.2 Å². The summed E-state index contributed by atoms with van der Waals surface area (Å²) in [7, 11) is 0. The van der Waals surface area contributed by atoms with Crippen LogP contribution in [-0.4, -0.2) is 97.4 Å². The highest BCUT2D eigenvalue weighted by molar-refractivity contribution is 5.92. The maximum atomic E-state index is 14.1. The Labute approximate surface area is 313 Å². The predicted molar refractivity (Wildman–Crippen MR) is 205 cm³/mol. The molecule has 53 heavy (non-hydrogen) atoms. The molecule has 4 atom stereocenters. The van der Waals surface area contributed by atoms with Crippen LogP contribution in [0.5, 0.6) is 0 Å². The Morgan fingerprint density at radius 3 is 2.17 bits per heavy atom. The summed E-state index contributed by atoms with van der Waals surface area (Å²) in [6.07, 6.45) is -1.19.